The number of hydrogen-bond acceptors (Lipinski definition) is 6. The Balaban J connectivity index is 0.000000327. The standard InChI is InChI=1S/C8H10O2.C5H10O3.CH2O2/c1-6-4-7(5-9)2-3-8(6)10;6-4-1-5(7)3-8-2-4;2-1-3/h2-4,9-10H,5H2,1H3;4-7H,1-3H2;1H,(H,2,3). The number of aliphatic hydroxyl groups excluding tert-OH is 3. The monoisotopic (exact) mass is 302 g/mol. The van der Waals surface area contributed by atoms with Crippen molar-refractivity contribution < 1.29 is 35.1 Å². The van der Waals surface area contributed by atoms with E-state index in [1.54, 1.807) is 25.1 Å². The van der Waals surface area contributed by atoms with E-state index in [-0.39, 0.29) is 18.8 Å². The number of benzene rings is 1. The Bertz CT molecular complexity index is 400. The molecule has 1 aliphatic heterocycles. The number of carboxylic acid groups (broad SMARTS) is 1. The number of hydrogen-bond donors (Lipinski definition) is 5. The van der Waals surface area contributed by atoms with Crippen molar-refractivity contribution in [3.63, 3.8) is 0 Å². The highest BCUT2D eigenvalue weighted by Gasteiger charge is 2.17. The first kappa shape index (κ1) is 19.3. The third kappa shape index (κ3) is 8.98. The number of rotatable bonds is 1. The van der Waals surface area contributed by atoms with Crippen molar-refractivity contribution in [1.82, 2.24) is 0 Å². The molecule has 1 heterocycles. The number of carbonyl (C=O) groups is 1. The highest BCUT2D eigenvalue weighted by Crippen LogP contribution is 2.16. The van der Waals surface area contributed by atoms with Crippen LogP contribution >= 0.6 is 0 Å². The third-order valence-electron chi connectivity index (χ3n) is 2.61. The molecule has 0 bridgehead atoms. The van der Waals surface area contributed by atoms with Crippen molar-refractivity contribution in [3.8, 4) is 5.75 Å². The first-order valence-corrected chi connectivity index (χ1v) is 6.35. The molecule has 0 radical (unpaired) electrons. The molecule has 2 unspecified atom stereocenters. The maximum Gasteiger partial charge on any atom is 0.290 e. The molecule has 7 nitrogen and oxygen atoms in total. The highest BCUT2D eigenvalue weighted by molar-refractivity contribution is 5.34. The maximum atomic E-state index is 9.06. The Morgan fingerprint density at radius 3 is 2.14 bits per heavy atom. The molecule has 1 fully saturated rings. The molecule has 2 atom stereocenters. The van der Waals surface area contributed by atoms with Crippen molar-refractivity contribution in [2.24, 2.45) is 0 Å². The Morgan fingerprint density at radius 1 is 1.29 bits per heavy atom. The van der Waals surface area contributed by atoms with Gasteiger partial charge in [0.2, 0.25) is 0 Å². The van der Waals surface area contributed by atoms with Gasteiger partial charge in [-0.1, -0.05) is 12.1 Å². The van der Waals surface area contributed by atoms with E-state index in [0.717, 1.165) is 11.1 Å². The largest absolute Gasteiger partial charge is 0.508 e. The summed E-state index contributed by atoms with van der Waals surface area (Å²) in [5.74, 6) is 0.275. The summed E-state index contributed by atoms with van der Waals surface area (Å²) in [4.78, 5) is 8.36. The molecule has 0 aromatic heterocycles. The van der Waals surface area contributed by atoms with Crippen LogP contribution in [-0.4, -0.2) is 57.4 Å². The normalized spacial score (nSPS) is 20.4. The van der Waals surface area contributed by atoms with E-state index in [1.807, 2.05) is 0 Å². The second-order valence-electron chi connectivity index (χ2n) is 4.47. The summed E-state index contributed by atoms with van der Waals surface area (Å²) in [5.41, 5.74) is 1.63. The molecule has 2 rings (SSSR count). The van der Waals surface area contributed by atoms with Crippen LogP contribution in [0.5, 0.6) is 5.75 Å². The lowest BCUT2D eigenvalue weighted by Gasteiger charge is -2.21. The Kier molecular flexibility index (Phi) is 10.2. The first-order valence-electron chi connectivity index (χ1n) is 6.35. The van der Waals surface area contributed by atoms with E-state index < -0.39 is 12.2 Å². The van der Waals surface area contributed by atoms with E-state index in [0.29, 0.717) is 19.6 Å². The molecule has 0 saturated carbocycles. The Morgan fingerprint density at radius 2 is 1.81 bits per heavy atom. The van der Waals surface area contributed by atoms with Gasteiger partial charge in [0.1, 0.15) is 5.75 Å². The van der Waals surface area contributed by atoms with Crippen LogP contribution in [0.1, 0.15) is 17.5 Å². The molecular formula is C14H22O7. The fourth-order valence-electron chi connectivity index (χ4n) is 1.61. The van der Waals surface area contributed by atoms with Gasteiger partial charge in [-0.2, -0.15) is 0 Å². The minimum absolute atomic E-state index is 0.0289. The van der Waals surface area contributed by atoms with Crippen molar-refractivity contribution in [3.05, 3.63) is 29.3 Å². The van der Waals surface area contributed by atoms with Gasteiger partial charge in [-0.05, 0) is 24.1 Å². The van der Waals surface area contributed by atoms with E-state index in [9.17, 15) is 0 Å². The van der Waals surface area contributed by atoms with Crippen molar-refractivity contribution >= 4 is 6.47 Å². The molecule has 1 aliphatic rings. The van der Waals surface area contributed by atoms with Crippen molar-refractivity contribution in [2.75, 3.05) is 13.2 Å². The molecule has 7 heteroatoms. The van der Waals surface area contributed by atoms with Crippen LogP contribution in [0.3, 0.4) is 0 Å². The second-order valence-corrected chi connectivity index (χ2v) is 4.47. The molecule has 1 aromatic carbocycles. The van der Waals surface area contributed by atoms with Gasteiger partial charge >= 0.3 is 0 Å². The molecule has 0 aliphatic carbocycles. The fourth-order valence-corrected chi connectivity index (χ4v) is 1.61. The van der Waals surface area contributed by atoms with Crippen LogP contribution in [0.4, 0.5) is 0 Å². The summed E-state index contributed by atoms with van der Waals surface area (Å²) in [7, 11) is 0. The van der Waals surface area contributed by atoms with Gasteiger partial charge in [0, 0.05) is 6.42 Å². The molecule has 120 valence electrons. The van der Waals surface area contributed by atoms with E-state index in [2.05, 4.69) is 0 Å². The van der Waals surface area contributed by atoms with Crippen LogP contribution in [0, 0.1) is 6.92 Å². The summed E-state index contributed by atoms with van der Waals surface area (Å²) in [6.45, 7) is 2.32. The third-order valence-corrected chi connectivity index (χ3v) is 2.61. The lowest BCUT2D eigenvalue weighted by atomic mass is 10.1. The number of ether oxygens (including phenoxy) is 1. The van der Waals surface area contributed by atoms with E-state index >= 15 is 0 Å². The van der Waals surface area contributed by atoms with Gasteiger partial charge in [0.15, 0.2) is 0 Å². The van der Waals surface area contributed by atoms with Gasteiger partial charge in [-0.3, -0.25) is 4.79 Å². The topological polar surface area (TPSA) is 127 Å². The molecule has 5 N–H and O–H groups in total. The molecular weight excluding hydrogens is 280 g/mol. The SMILES string of the molecule is Cc1cc(CO)ccc1O.O=CO.OC1COCC(O)C1. The van der Waals surface area contributed by atoms with Gasteiger partial charge in [-0.15, -0.1) is 0 Å². The lowest BCUT2D eigenvalue weighted by Crippen LogP contribution is -2.32. The zero-order valence-corrected chi connectivity index (χ0v) is 11.8. The summed E-state index contributed by atoms with van der Waals surface area (Å²) in [5, 5.41) is 42.2. The number of aryl methyl sites for hydroxylation is 1. The quantitative estimate of drug-likeness (QED) is 0.463. The number of phenols is 1. The molecule has 0 spiro atoms. The van der Waals surface area contributed by atoms with Crippen LogP contribution in [0.25, 0.3) is 0 Å². The fraction of sp³-hybridized carbons (Fsp3) is 0.500. The molecule has 1 aromatic rings. The van der Waals surface area contributed by atoms with Gasteiger partial charge in [-0.25, -0.2) is 0 Å². The van der Waals surface area contributed by atoms with Crippen LogP contribution < -0.4 is 0 Å². The summed E-state index contributed by atoms with van der Waals surface area (Å²) in [6.07, 6.45) is -0.461. The van der Waals surface area contributed by atoms with E-state index in [4.69, 9.17) is 35.1 Å². The van der Waals surface area contributed by atoms with Gasteiger partial charge < -0.3 is 30.3 Å². The average molecular weight is 302 g/mol. The summed E-state index contributed by atoms with van der Waals surface area (Å²) in [6, 6.07) is 5.04. The van der Waals surface area contributed by atoms with Crippen LogP contribution in [0.15, 0.2) is 18.2 Å². The number of aromatic hydroxyl groups is 1. The smallest absolute Gasteiger partial charge is 0.290 e. The minimum atomic E-state index is -0.459. The Labute approximate surface area is 123 Å². The predicted octanol–water partition coefficient (Wildman–Crippen LogP) is 0.0222. The van der Waals surface area contributed by atoms with Crippen molar-refractivity contribution in [1.29, 1.82) is 0 Å². The minimum Gasteiger partial charge on any atom is -0.508 e. The number of phenolic OH excluding ortho intramolecular Hbond substituents is 1. The Hall–Kier alpha value is -1.67. The zero-order chi connectivity index (χ0) is 16.3. The molecule has 21 heavy (non-hydrogen) atoms. The van der Waals surface area contributed by atoms with Gasteiger partial charge in [0.05, 0.1) is 32.0 Å². The summed E-state index contributed by atoms with van der Waals surface area (Å²) < 4.78 is 4.79. The van der Waals surface area contributed by atoms with Gasteiger partial charge in [0.25, 0.3) is 6.47 Å². The molecule has 1 saturated heterocycles. The van der Waals surface area contributed by atoms with Crippen LogP contribution in [-0.2, 0) is 16.1 Å². The lowest BCUT2D eigenvalue weighted by molar-refractivity contribution is -0.122. The maximum absolute atomic E-state index is 9.06. The highest BCUT2D eigenvalue weighted by atomic mass is 16.5. The van der Waals surface area contributed by atoms with Crippen molar-refractivity contribution in [2.45, 2.75) is 32.2 Å². The summed E-state index contributed by atoms with van der Waals surface area (Å²) >= 11 is 0. The first-order chi connectivity index (χ1) is 9.94. The predicted molar refractivity (Wildman–Crippen MR) is 74.9 cm³/mol. The zero-order valence-electron chi connectivity index (χ0n) is 11.8. The average Bonchev–Trinajstić information content (AvgIpc) is 2.43. The van der Waals surface area contributed by atoms with Crippen LogP contribution in [0.2, 0.25) is 0 Å². The molecule has 0 amide bonds. The number of aliphatic hydroxyl groups is 3. The second kappa shape index (κ2) is 11.0. The van der Waals surface area contributed by atoms with E-state index in [1.165, 1.54) is 0 Å².